The summed E-state index contributed by atoms with van der Waals surface area (Å²) in [6.07, 6.45) is 63.9. The normalized spacial score (nSPS) is 24.8. The van der Waals surface area contributed by atoms with Gasteiger partial charge in [-0.1, -0.05) is 438 Å². The predicted molar refractivity (Wildman–Crippen MR) is 453 cm³/mol. The molecule has 17 atom stereocenters. The summed E-state index contributed by atoms with van der Waals surface area (Å²) in [5.74, 6) is -0.230. The van der Waals surface area contributed by atoms with Crippen LogP contribution < -0.4 is 5.32 Å². The Labute approximate surface area is 684 Å². The molecule has 0 aromatic heterocycles. The number of amides is 1. The Hall–Kier alpha value is -1.21. The molecule has 3 aliphatic heterocycles. The Kier molecular flexibility index (Phi) is 69.1. The lowest BCUT2D eigenvalue weighted by molar-refractivity contribution is -0.379. The molecule has 17 unspecified atom stereocenters. The Morgan fingerprint density at radius 3 is 0.777 bits per heavy atom. The van der Waals surface area contributed by atoms with Crippen molar-refractivity contribution in [2.75, 3.05) is 26.4 Å². The number of rotatable bonds is 81. The van der Waals surface area contributed by atoms with Gasteiger partial charge in [-0.3, -0.25) is 4.79 Å². The summed E-state index contributed by atoms with van der Waals surface area (Å²) in [5.41, 5.74) is 0. The van der Waals surface area contributed by atoms with Gasteiger partial charge in [-0.15, -0.1) is 0 Å². The molecule has 0 aliphatic carbocycles. The first kappa shape index (κ1) is 105. The van der Waals surface area contributed by atoms with Gasteiger partial charge in [0.05, 0.1) is 38.6 Å². The van der Waals surface area contributed by atoms with Crippen molar-refractivity contribution in [1.82, 2.24) is 5.32 Å². The van der Waals surface area contributed by atoms with E-state index in [4.69, 9.17) is 28.4 Å². The van der Waals surface area contributed by atoms with Gasteiger partial charge >= 0.3 is 0 Å². The lowest BCUT2D eigenvalue weighted by atomic mass is 9.96. The van der Waals surface area contributed by atoms with Crippen molar-refractivity contribution < 1.29 is 89.4 Å². The first-order chi connectivity index (χ1) is 54.8. The minimum Gasteiger partial charge on any atom is -0.394 e. The summed E-state index contributed by atoms with van der Waals surface area (Å²) in [4.78, 5) is 13.6. The highest BCUT2D eigenvalue weighted by Crippen LogP contribution is 2.34. The summed E-state index contributed by atoms with van der Waals surface area (Å²) >= 11 is 0. The van der Waals surface area contributed by atoms with Crippen LogP contribution in [0.4, 0.5) is 0 Å². The van der Waals surface area contributed by atoms with Crippen molar-refractivity contribution in [3.63, 3.8) is 0 Å². The fraction of sp³-hybridized carbons (Fsp3) is 0.989. The third kappa shape index (κ3) is 51.4. The molecule has 0 saturated carbocycles. The molecule has 1 amide bonds. The maximum atomic E-state index is 13.6. The molecule has 19 heteroatoms. The van der Waals surface area contributed by atoms with E-state index in [9.17, 15) is 61.0 Å². The molecule has 112 heavy (non-hydrogen) atoms. The van der Waals surface area contributed by atoms with Gasteiger partial charge in [0.25, 0.3) is 0 Å². The summed E-state index contributed by atoms with van der Waals surface area (Å²) in [7, 11) is 0. The zero-order chi connectivity index (χ0) is 81.0. The molecule has 19 nitrogen and oxygen atoms in total. The Morgan fingerprint density at radius 1 is 0.286 bits per heavy atom. The zero-order valence-corrected chi connectivity index (χ0v) is 72.2. The van der Waals surface area contributed by atoms with Crippen LogP contribution >= 0.6 is 0 Å². The van der Waals surface area contributed by atoms with Crippen LogP contribution in [0.1, 0.15) is 457 Å². The lowest BCUT2D eigenvalue weighted by Gasteiger charge is -2.48. The Balaban J connectivity index is 1.29. The third-order valence-electron chi connectivity index (χ3n) is 24.7. The van der Waals surface area contributed by atoms with Gasteiger partial charge < -0.3 is 89.9 Å². The van der Waals surface area contributed by atoms with E-state index >= 15 is 0 Å². The topological polar surface area (TPSA) is 307 Å². The SMILES string of the molecule is CCCCCCCCCCCCCCCCCCCCCCCCCCCCCCCCCCCCCCCC(=O)NC(COC1OC(CO)C(OC2OC(CO)C(OC3OC(CO)C(O)C(O)C3O)C(O)C2O)C(O)C1O)C(O)CCCCCCCCCCCCCCCCCCCCCCCCCCCCCCCC. The number of ether oxygens (including phenoxy) is 6. The summed E-state index contributed by atoms with van der Waals surface area (Å²) in [6.45, 7) is 1.90. The highest BCUT2D eigenvalue weighted by atomic mass is 16.8. The van der Waals surface area contributed by atoms with Crippen LogP contribution in [-0.2, 0) is 33.2 Å². The lowest BCUT2D eigenvalue weighted by Crippen LogP contribution is -2.66. The first-order valence-corrected chi connectivity index (χ1v) is 48.3. The average Bonchev–Trinajstić information content (AvgIpc) is 0.781. The smallest absolute Gasteiger partial charge is 0.220 e. The Morgan fingerprint density at radius 2 is 0.509 bits per heavy atom. The van der Waals surface area contributed by atoms with Gasteiger partial charge in [-0.05, 0) is 12.8 Å². The van der Waals surface area contributed by atoms with E-state index in [1.165, 1.54) is 379 Å². The second-order valence-corrected chi connectivity index (χ2v) is 34.9. The highest BCUT2D eigenvalue weighted by molar-refractivity contribution is 5.76. The number of carbonyl (C=O) groups excluding carboxylic acids is 1. The van der Waals surface area contributed by atoms with E-state index in [1.807, 2.05) is 0 Å². The molecule has 12 N–H and O–H groups in total. The van der Waals surface area contributed by atoms with Crippen molar-refractivity contribution in [3.8, 4) is 0 Å². The van der Waals surface area contributed by atoms with Crippen LogP contribution in [-0.4, -0.2) is 193 Å². The van der Waals surface area contributed by atoms with Crippen molar-refractivity contribution in [3.05, 3.63) is 0 Å². The summed E-state index contributed by atoms with van der Waals surface area (Å²) in [6, 6.07) is -0.885. The van der Waals surface area contributed by atoms with Crippen LogP contribution in [0.2, 0.25) is 0 Å². The fourth-order valence-corrected chi connectivity index (χ4v) is 17.0. The molecule has 666 valence electrons. The van der Waals surface area contributed by atoms with E-state index < -0.39 is 124 Å². The van der Waals surface area contributed by atoms with Crippen molar-refractivity contribution in [1.29, 1.82) is 0 Å². The molecule has 0 radical (unpaired) electrons. The highest BCUT2D eigenvalue weighted by Gasteiger charge is 2.54. The molecule has 3 rings (SSSR count). The molecule has 0 spiro atoms. The van der Waals surface area contributed by atoms with E-state index in [0.29, 0.717) is 12.8 Å². The zero-order valence-electron chi connectivity index (χ0n) is 72.2. The number of nitrogens with one attached hydrogen (secondary N) is 1. The van der Waals surface area contributed by atoms with Gasteiger partial charge in [-0.25, -0.2) is 0 Å². The fourth-order valence-electron chi connectivity index (χ4n) is 17.0. The second-order valence-electron chi connectivity index (χ2n) is 34.9. The largest absolute Gasteiger partial charge is 0.394 e. The number of aliphatic hydroxyl groups is 11. The number of hydrogen-bond acceptors (Lipinski definition) is 18. The molecule has 0 aromatic rings. The Bertz CT molecular complexity index is 2010. The number of carbonyl (C=O) groups is 1. The first-order valence-electron chi connectivity index (χ1n) is 48.3. The number of unbranched alkanes of at least 4 members (excludes halogenated alkanes) is 65. The van der Waals surface area contributed by atoms with Crippen molar-refractivity contribution in [2.45, 2.75) is 561 Å². The van der Waals surface area contributed by atoms with Crippen molar-refractivity contribution >= 4 is 5.91 Å². The minimum atomic E-state index is -1.97. The maximum Gasteiger partial charge on any atom is 0.220 e. The predicted octanol–water partition coefficient (Wildman–Crippen LogP) is 19.3. The number of hydrogen-bond donors (Lipinski definition) is 12. The monoisotopic (exact) mass is 1600 g/mol. The van der Waals surface area contributed by atoms with E-state index in [2.05, 4.69) is 19.2 Å². The molecular weight excluding hydrogens is 1420 g/mol. The van der Waals surface area contributed by atoms with Crippen LogP contribution in [0.15, 0.2) is 0 Å². The summed E-state index contributed by atoms with van der Waals surface area (Å²) < 4.78 is 34.6. The van der Waals surface area contributed by atoms with Gasteiger partial charge in [0.1, 0.15) is 73.2 Å². The van der Waals surface area contributed by atoms with Crippen molar-refractivity contribution in [2.24, 2.45) is 0 Å². The molecule has 3 fully saturated rings. The molecule has 0 aromatic carbocycles. The van der Waals surface area contributed by atoms with Crippen LogP contribution in [0.3, 0.4) is 0 Å². The number of aliphatic hydroxyl groups excluding tert-OH is 11. The average molecular weight is 1600 g/mol. The molecule has 3 heterocycles. The van der Waals surface area contributed by atoms with Gasteiger partial charge in [0.15, 0.2) is 18.9 Å². The maximum absolute atomic E-state index is 13.6. The van der Waals surface area contributed by atoms with Crippen LogP contribution in [0.25, 0.3) is 0 Å². The van der Waals surface area contributed by atoms with Gasteiger partial charge in [0, 0.05) is 6.42 Å². The standard InChI is InChI=1S/C93H181NO18/c1-3-5-7-9-11-13-15-17-19-21-23-25-27-29-31-33-35-36-37-38-39-40-41-43-45-47-49-51-53-55-57-59-61-63-65-67-69-71-81(99)94-76(77(98)70-68-66-64-62-60-58-56-54-52-50-48-46-44-42-34-32-30-28-26-24-22-20-18-16-14-12-10-8-6-4-2)75-107-91-87(105)84(102)89(79(73-96)109-91)112-93-88(106)85(103)90(80(74-97)110-93)111-92-86(104)83(101)82(100)78(72-95)108-92/h76-80,82-93,95-98,100-106H,3-75H2,1-2H3,(H,94,99). The van der Waals surface area contributed by atoms with E-state index in [0.717, 1.165) is 44.9 Å². The van der Waals surface area contributed by atoms with Gasteiger partial charge in [-0.2, -0.15) is 0 Å². The quantitative estimate of drug-likeness (QED) is 0.0252. The summed E-state index contributed by atoms with van der Waals surface area (Å²) in [5, 5.41) is 121. The van der Waals surface area contributed by atoms with Crippen LogP contribution in [0, 0.1) is 0 Å². The molecule has 3 saturated heterocycles. The minimum absolute atomic E-state index is 0.230. The van der Waals surface area contributed by atoms with E-state index in [-0.39, 0.29) is 18.9 Å². The van der Waals surface area contributed by atoms with Gasteiger partial charge in [0.2, 0.25) is 5.91 Å². The molecule has 3 aliphatic rings. The molecular formula is C93H181NO18. The third-order valence-corrected chi connectivity index (χ3v) is 24.7. The molecule has 0 bridgehead atoms. The van der Waals surface area contributed by atoms with Crippen LogP contribution in [0.5, 0.6) is 0 Å². The van der Waals surface area contributed by atoms with E-state index in [1.54, 1.807) is 0 Å². The second kappa shape index (κ2) is 73.7.